The van der Waals surface area contributed by atoms with Gasteiger partial charge >= 0.3 is 5.97 Å². The summed E-state index contributed by atoms with van der Waals surface area (Å²) in [5.41, 5.74) is 2.95. The van der Waals surface area contributed by atoms with E-state index in [4.69, 9.17) is 9.47 Å². The molecular formula is C23H23ClN4O4. The molecule has 0 unspecified atom stereocenters. The molecule has 2 aromatic heterocycles. The van der Waals surface area contributed by atoms with Gasteiger partial charge in [-0.15, -0.1) is 12.4 Å². The summed E-state index contributed by atoms with van der Waals surface area (Å²) in [5, 5.41) is 3.87. The third-order valence-corrected chi connectivity index (χ3v) is 4.78. The summed E-state index contributed by atoms with van der Waals surface area (Å²) in [4.78, 5) is 34.8. The number of nitrogens with zero attached hydrogens (tertiary/aromatic N) is 2. The van der Waals surface area contributed by atoms with E-state index in [-0.39, 0.29) is 36.2 Å². The Balaban J connectivity index is 0.00000289. The van der Waals surface area contributed by atoms with Crippen LogP contribution in [0.15, 0.2) is 66.0 Å². The smallest absolute Gasteiger partial charge is 0.347 e. The van der Waals surface area contributed by atoms with Gasteiger partial charge in [0.25, 0.3) is 0 Å². The van der Waals surface area contributed by atoms with Gasteiger partial charge in [0, 0.05) is 48.8 Å². The molecule has 0 bridgehead atoms. The number of hydrogen-bond acceptors (Lipinski definition) is 7. The number of allylic oxidation sites excluding steroid dienone is 1. The SMILES string of the molecule is CCOC(=O)C1=C(Nc2ccc(N(C)C)cc2)OC(=Cc2c[nH]c3ncccc23)C1=O.Cl. The van der Waals surface area contributed by atoms with Gasteiger partial charge in [0.15, 0.2) is 11.3 Å². The molecule has 166 valence electrons. The van der Waals surface area contributed by atoms with Crippen LogP contribution < -0.4 is 10.2 Å². The maximum atomic E-state index is 13.0. The van der Waals surface area contributed by atoms with Gasteiger partial charge in [-0.1, -0.05) is 0 Å². The molecule has 3 aromatic rings. The number of ketones is 1. The lowest BCUT2D eigenvalue weighted by molar-refractivity contribution is -0.139. The van der Waals surface area contributed by atoms with Crippen LogP contribution in [0.1, 0.15) is 12.5 Å². The highest BCUT2D eigenvalue weighted by Crippen LogP contribution is 2.30. The second-order valence-corrected chi connectivity index (χ2v) is 7.07. The number of halogens is 1. The third kappa shape index (κ3) is 4.45. The number of benzene rings is 1. The monoisotopic (exact) mass is 454 g/mol. The maximum Gasteiger partial charge on any atom is 0.347 e. The van der Waals surface area contributed by atoms with E-state index in [1.165, 1.54) is 0 Å². The fourth-order valence-electron chi connectivity index (χ4n) is 3.22. The van der Waals surface area contributed by atoms with Gasteiger partial charge in [0.05, 0.1) is 6.61 Å². The van der Waals surface area contributed by atoms with E-state index >= 15 is 0 Å². The topological polar surface area (TPSA) is 96.6 Å². The second-order valence-electron chi connectivity index (χ2n) is 7.07. The van der Waals surface area contributed by atoms with Gasteiger partial charge in [-0.05, 0) is 49.4 Å². The summed E-state index contributed by atoms with van der Waals surface area (Å²) < 4.78 is 10.9. The van der Waals surface area contributed by atoms with Crippen LogP contribution in [0.3, 0.4) is 0 Å². The van der Waals surface area contributed by atoms with Gasteiger partial charge in [-0.2, -0.15) is 0 Å². The van der Waals surface area contributed by atoms with E-state index < -0.39 is 11.8 Å². The highest BCUT2D eigenvalue weighted by atomic mass is 35.5. The number of aromatic nitrogens is 2. The molecule has 0 saturated heterocycles. The molecule has 0 saturated carbocycles. The first-order valence-corrected chi connectivity index (χ1v) is 9.80. The molecule has 3 heterocycles. The molecule has 1 aliphatic rings. The Bertz CT molecular complexity index is 1210. The molecule has 0 fully saturated rings. The molecule has 0 aliphatic carbocycles. The summed E-state index contributed by atoms with van der Waals surface area (Å²) in [6.07, 6.45) is 5.00. The Kier molecular flexibility index (Phi) is 6.85. The first kappa shape index (κ1) is 22.9. The van der Waals surface area contributed by atoms with Crippen LogP contribution in [0.4, 0.5) is 11.4 Å². The molecule has 0 atom stereocenters. The molecule has 8 nitrogen and oxygen atoms in total. The molecule has 1 aromatic carbocycles. The Labute approximate surface area is 191 Å². The number of ether oxygens (including phenoxy) is 2. The predicted octanol–water partition coefficient (Wildman–Crippen LogP) is 3.88. The van der Waals surface area contributed by atoms with Crippen molar-refractivity contribution < 1.29 is 19.1 Å². The fourth-order valence-corrected chi connectivity index (χ4v) is 3.22. The Morgan fingerprint density at radius 3 is 2.69 bits per heavy atom. The van der Waals surface area contributed by atoms with Crippen LogP contribution in [0.2, 0.25) is 0 Å². The number of fused-ring (bicyclic) bond motifs is 1. The normalized spacial score (nSPS) is 14.3. The van der Waals surface area contributed by atoms with Gasteiger partial charge in [-0.3, -0.25) is 4.79 Å². The molecule has 0 amide bonds. The molecular weight excluding hydrogens is 432 g/mol. The number of H-pyrrole nitrogens is 1. The van der Waals surface area contributed by atoms with E-state index in [0.717, 1.165) is 16.6 Å². The second kappa shape index (κ2) is 9.57. The van der Waals surface area contributed by atoms with Crippen molar-refractivity contribution in [1.82, 2.24) is 9.97 Å². The largest absolute Gasteiger partial charge is 0.462 e. The fraction of sp³-hybridized carbons (Fsp3) is 0.174. The quantitative estimate of drug-likeness (QED) is 0.331. The summed E-state index contributed by atoms with van der Waals surface area (Å²) in [7, 11) is 3.89. The van der Waals surface area contributed by atoms with Crippen molar-refractivity contribution in [3.05, 3.63) is 71.6 Å². The zero-order chi connectivity index (χ0) is 22.0. The standard InChI is InChI=1S/C23H22N4O4.ClH/c1-4-30-23(29)19-20(28)18(12-14-13-25-21-17(14)6-5-11-24-21)31-22(19)26-15-7-9-16(10-8-15)27(2)3;/h5-13,26H,4H2,1-3H3,(H,24,25);1H. The van der Waals surface area contributed by atoms with E-state index in [1.807, 2.05) is 55.4 Å². The molecule has 0 spiro atoms. The van der Waals surface area contributed by atoms with Crippen molar-refractivity contribution in [1.29, 1.82) is 0 Å². The lowest BCUT2D eigenvalue weighted by Gasteiger charge is -2.14. The number of carbonyl (C=O) groups excluding carboxylic acids is 2. The number of rotatable bonds is 6. The molecule has 32 heavy (non-hydrogen) atoms. The van der Waals surface area contributed by atoms with Crippen molar-refractivity contribution in [2.75, 3.05) is 30.9 Å². The highest BCUT2D eigenvalue weighted by Gasteiger charge is 2.37. The average molecular weight is 455 g/mol. The van der Waals surface area contributed by atoms with Gasteiger partial charge in [-0.25, -0.2) is 9.78 Å². The number of nitrogens with one attached hydrogen (secondary N) is 2. The zero-order valence-corrected chi connectivity index (χ0v) is 18.7. The Hall–Kier alpha value is -3.78. The molecule has 2 N–H and O–H groups in total. The van der Waals surface area contributed by atoms with E-state index in [9.17, 15) is 9.59 Å². The van der Waals surface area contributed by atoms with Crippen molar-refractivity contribution in [2.24, 2.45) is 0 Å². The van der Waals surface area contributed by atoms with Crippen LogP contribution in [0, 0.1) is 0 Å². The summed E-state index contributed by atoms with van der Waals surface area (Å²) >= 11 is 0. The number of hydrogen-bond donors (Lipinski definition) is 2. The third-order valence-electron chi connectivity index (χ3n) is 4.78. The van der Waals surface area contributed by atoms with E-state index in [0.29, 0.717) is 11.3 Å². The molecule has 1 aliphatic heterocycles. The van der Waals surface area contributed by atoms with Gasteiger partial charge < -0.3 is 24.7 Å². The highest BCUT2D eigenvalue weighted by molar-refractivity contribution is 6.26. The van der Waals surface area contributed by atoms with E-state index in [2.05, 4.69) is 15.3 Å². The Morgan fingerprint density at radius 1 is 1.25 bits per heavy atom. The minimum absolute atomic E-state index is 0. The lowest BCUT2D eigenvalue weighted by atomic mass is 10.1. The minimum atomic E-state index is -0.732. The lowest BCUT2D eigenvalue weighted by Crippen LogP contribution is -2.16. The van der Waals surface area contributed by atoms with Gasteiger partial charge in [0.2, 0.25) is 11.7 Å². The molecule has 0 radical (unpaired) electrons. The molecule has 4 rings (SSSR count). The molecule has 9 heteroatoms. The number of pyridine rings is 1. The minimum Gasteiger partial charge on any atom is -0.462 e. The Morgan fingerprint density at radius 2 is 2.00 bits per heavy atom. The average Bonchev–Trinajstić information content (AvgIpc) is 3.30. The number of anilines is 2. The zero-order valence-electron chi connectivity index (χ0n) is 17.8. The van der Waals surface area contributed by atoms with Crippen LogP contribution >= 0.6 is 12.4 Å². The van der Waals surface area contributed by atoms with Crippen LogP contribution in [-0.2, 0) is 19.1 Å². The van der Waals surface area contributed by atoms with Gasteiger partial charge in [0.1, 0.15) is 5.65 Å². The van der Waals surface area contributed by atoms with E-state index in [1.54, 1.807) is 25.4 Å². The maximum absolute atomic E-state index is 13.0. The van der Waals surface area contributed by atoms with Crippen molar-refractivity contribution in [3.63, 3.8) is 0 Å². The summed E-state index contributed by atoms with van der Waals surface area (Å²) in [6, 6.07) is 11.2. The van der Waals surface area contributed by atoms with Crippen LogP contribution in [0.25, 0.3) is 17.1 Å². The van der Waals surface area contributed by atoms with Crippen LogP contribution in [0.5, 0.6) is 0 Å². The number of aromatic amines is 1. The number of carbonyl (C=O) groups is 2. The predicted molar refractivity (Wildman–Crippen MR) is 125 cm³/mol. The number of Topliss-reactive ketones (excluding diaryl/α,β-unsaturated/α-hetero) is 1. The first-order chi connectivity index (χ1) is 15.0. The van der Waals surface area contributed by atoms with Crippen LogP contribution in [-0.4, -0.2) is 42.4 Å². The van der Waals surface area contributed by atoms with Crippen molar-refractivity contribution >= 4 is 52.6 Å². The van der Waals surface area contributed by atoms with Crippen molar-refractivity contribution in [3.8, 4) is 0 Å². The first-order valence-electron chi connectivity index (χ1n) is 9.80. The number of esters is 1. The summed E-state index contributed by atoms with van der Waals surface area (Å²) in [5.74, 6) is -1.20. The van der Waals surface area contributed by atoms with Crippen molar-refractivity contribution in [2.45, 2.75) is 6.92 Å². The summed E-state index contributed by atoms with van der Waals surface area (Å²) in [6.45, 7) is 1.83.